The highest BCUT2D eigenvalue weighted by Crippen LogP contribution is 2.20. The van der Waals surface area contributed by atoms with Crippen molar-refractivity contribution < 1.29 is 5.11 Å². The summed E-state index contributed by atoms with van der Waals surface area (Å²) < 4.78 is 0.899. The minimum Gasteiger partial charge on any atom is -0.387 e. The standard InChI is InChI=1S/C11H18BrN3O/c1-11(16,8-15(2)3)7-14-10-4-5-13-6-9(10)12/h4-6,16H,7-8H2,1-3H3,(H,13,14). The number of aliphatic hydroxyl groups is 1. The molecule has 0 aliphatic rings. The van der Waals surface area contributed by atoms with Crippen molar-refractivity contribution in [2.45, 2.75) is 12.5 Å². The molecule has 1 atom stereocenters. The number of pyridine rings is 1. The third kappa shape index (κ3) is 4.47. The maximum Gasteiger partial charge on any atom is 0.0917 e. The zero-order valence-corrected chi connectivity index (χ0v) is 11.5. The van der Waals surface area contributed by atoms with Crippen LogP contribution in [0.5, 0.6) is 0 Å². The molecular weight excluding hydrogens is 270 g/mol. The van der Waals surface area contributed by atoms with Gasteiger partial charge in [0.25, 0.3) is 0 Å². The molecule has 0 radical (unpaired) electrons. The van der Waals surface area contributed by atoms with Crippen molar-refractivity contribution in [2.24, 2.45) is 0 Å². The Bertz CT molecular complexity index is 342. The highest BCUT2D eigenvalue weighted by Gasteiger charge is 2.21. The lowest BCUT2D eigenvalue weighted by Crippen LogP contribution is -2.43. The number of halogens is 1. The van der Waals surface area contributed by atoms with E-state index in [4.69, 9.17) is 0 Å². The van der Waals surface area contributed by atoms with E-state index in [1.54, 1.807) is 12.4 Å². The molecule has 4 nitrogen and oxygen atoms in total. The van der Waals surface area contributed by atoms with E-state index in [0.717, 1.165) is 10.2 Å². The van der Waals surface area contributed by atoms with Crippen LogP contribution in [0.3, 0.4) is 0 Å². The van der Waals surface area contributed by atoms with Crippen molar-refractivity contribution >= 4 is 21.6 Å². The van der Waals surface area contributed by atoms with E-state index in [0.29, 0.717) is 13.1 Å². The van der Waals surface area contributed by atoms with Crippen LogP contribution in [0.15, 0.2) is 22.9 Å². The Morgan fingerprint density at radius 1 is 1.56 bits per heavy atom. The normalized spacial score (nSPS) is 14.9. The van der Waals surface area contributed by atoms with Gasteiger partial charge in [0.2, 0.25) is 0 Å². The van der Waals surface area contributed by atoms with Gasteiger partial charge in [-0.05, 0) is 43.0 Å². The van der Waals surface area contributed by atoms with Gasteiger partial charge in [-0.2, -0.15) is 0 Å². The summed E-state index contributed by atoms with van der Waals surface area (Å²) in [6.07, 6.45) is 3.44. The Kier molecular flexibility index (Phi) is 4.70. The summed E-state index contributed by atoms with van der Waals surface area (Å²) in [4.78, 5) is 5.94. The molecule has 0 saturated carbocycles. The first-order valence-corrected chi connectivity index (χ1v) is 5.90. The molecular formula is C11H18BrN3O. The minimum absolute atomic E-state index is 0.494. The first-order chi connectivity index (χ1) is 7.41. The fourth-order valence-corrected chi connectivity index (χ4v) is 1.93. The number of anilines is 1. The Labute approximate surface area is 105 Å². The molecule has 0 bridgehead atoms. The molecule has 90 valence electrons. The van der Waals surface area contributed by atoms with Crippen LogP contribution in [-0.2, 0) is 0 Å². The van der Waals surface area contributed by atoms with Crippen molar-refractivity contribution in [3.05, 3.63) is 22.9 Å². The number of hydrogen-bond donors (Lipinski definition) is 2. The Hall–Kier alpha value is -0.650. The fraction of sp³-hybridized carbons (Fsp3) is 0.545. The van der Waals surface area contributed by atoms with E-state index >= 15 is 0 Å². The number of likely N-dealkylation sites (N-methyl/N-ethyl adjacent to an activating group) is 1. The summed E-state index contributed by atoms with van der Waals surface area (Å²) in [5, 5.41) is 13.3. The van der Waals surface area contributed by atoms with Crippen LogP contribution in [0.25, 0.3) is 0 Å². The topological polar surface area (TPSA) is 48.4 Å². The van der Waals surface area contributed by atoms with Gasteiger partial charge in [0.05, 0.1) is 15.8 Å². The van der Waals surface area contributed by atoms with E-state index in [2.05, 4.69) is 26.2 Å². The van der Waals surface area contributed by atoms with Crippen LogP contribution in [-0.4, -0.2) is 47.8 Å². The third-order valence-electron chi connectivity index (χ3n) is 2.09. The highest BCUT2D eigenvalue weighted by atomic mass is 79.9. The number of nitrogens with one attached hydrogen (secondary N) is 1. The number of nitrogens with zero attached hydrogens (tertiary/aromatic N) is 2. The molecule has 1 aromatic rings. The summed E-state index contributed by atoms with van der Waals surface area (Å²) in [6.45, 7) is 2.92. The molecule has 1 unspecified atom stereocenters. The van der Waals surface area contributed by atoms with Crippen LogP contribution in [0.1, 0.15) is 6.92 Å². The van der Waals surface area contributed by atoms with Crippen LogP contribution in [0, 0.1) is 0 Å². The zero-order valence-electron chi connectivity index (χ0n) is 9.87. The molecule has 0 saturated heterocycles. The zero-order chi connectivity index (χ0) is 12.2. The molecule has 1 rings (SSSR count). The predicted molar refractivity (Wildman–Crippen MR) is 69.6 cm³/mol. The summed E-state index contributed by atoms with van der Waals surface area (Å²) in [5.74, 6) is 0. The van der Waals surface area contributed by atoms with Crippen molar-refractivity contribution in [1.29, 1.82) is 0 Å². The molecule has 1 heterocycles. The smallest absolute Gasteiger partial charge is 0.0917 e. The van der Waals surface area contributed by atoms with Crippen LogP contribution in [0.2, 0.25) is 0 Å². The first kappa shape index (κ1) is 13.4. The quantitative estimate of drug-likeness (QED) is 0.863. The molecule has 0 fully saturated rings. The lowest BCUT2D eigenvalue weighted by Gasteiger charge is -2.27. The Morgan fingerprint density at radius 2 is 2.25 bits per heavy atom. The summed E-state index contributed by atoms with van der Waals surface area (Å²) in [5.41, 5.74) is 0.181. The van der Waals surface area contributed by atoms with Crippen molar-refractivity contribution in [1.82, 2.24) is 9.88 Å². The maximum atomic E-state index is 10.1. The van der Waals surface area contributed by atoms with Gasteiger partial charge in [-0.3, -0.25) is 4.98 Å². The van der Waals surface area contributed by atoms with E-state index in [1.165, 1.54) is 0 Å². The van der Waals surface area contributed by atoms with Gasteiger partial charge in [-0.1, -0.05) is 0 Å². The van der Waals surface area contributed by atoms with Gasteiger partial charge in [-0.15, -0.1) is 0 Å². The Balaban J connectivity index is 2.54. The van der Waals surface area contributed by atoms with Gasteiger partial charge in [0.15, 0.2) is 0 Å². The van der Waals surface area contributed by atoms with Gasteiger partial charge in [-0.25, -0.2) is 0 Å². The average molecular weight is 288 g/mol. The molecule has 16 heavy (non-hydrogen) atoms. The average Bonchev–Trinajstić information content (AvgIpc) is 2.14. The van der Waals surface area contributed by atoms with Gasteiger partial charge >= 0.3 is 0 Å². The van der Waals surface area contributed by atoms with E-state index in [-0.39, 0.29) is 0 Å². The third-order valence-corrected chi connectivity index (χ3v) is 2.72. The van der Waals surface area contributed by atoms with Crippen molar-refractivity contribution in [3.63, 3.8) is 0 Å². The van der Waals surface area contributed by atoms with Crippen LogP contribution >= 0.6 is 15.9 Å². The van der Waals surface area contributed by atoms with Gasteiger partial charge in [0, 0.05) is 25.5 Å². The first-order valence-electron chi connectivity index (χ1n) is 5.11. The van der Waals surface area contributed by atoms with Crippen molar-refractivity contribution in [3.8, 4) is 0 Å². The summed E-state index contributed by atoms with van der Waals surface area (Å²) in [7, 11) is 3.88. The molecule has 1 aromatic heterocycles. The minimum atomic E-state index is -0.758. The second-order valence-corrected chi connectivity index (χ2v) is 5.30. The molecule has 0 aliphatic carbocycles. The fourth-order valence-electron chi connectivity index (χ4n) is 1.54. The second kappa shape index (κ2) is 5.61. The number of aromatic nitrogens is 1. The number of hydrogen-bond acceptors (Lipinski definition) is 4. The molecule has 0 aromatic carbocycles. The Morgan fingerprint density at radius 3 is 2.81 bits per heavy atom. The van der Waals surface area contributed by atoms with Crippen LogP contribution < -0.4 is 5.32 Å². The van der Waals surface area contributed by atoms with Crippen molar-refractivity contribution in [2.75, 3.05) is 32.5 Å². The largest absolute Gasteiger partial charge is 0.387 e. The lowest BCUT2D eigenvalue weighted by atomic mass is 10.1. The molecule has 0 amide bonds. The molecule has 2 N–H and O–H groups in total. The van der Waals surface area contributed by atoms with Gasteiger partial charge < -0.3 is 15.3 Å². The molecule has 0 aliphatic heterocycles. The van der Waals surface area contributed by atoms with Crippen LogP contribution in [0.4, 0.5) is 5.69 Å². The predicted octanol–water partition coefficient (Wildman–Crippen LogP) is 1.57. The highest BCUT2D eigenvalue weighted by molar-refractivity contribution is 9.10. The van der Waals surface area contributed by atoms with E-state index in [9.17, 15) is 5.11 Å². The van der Waals surface area contributed by atoms with E-state index < -0.39 is 5.60 Å². The maximum absolute atomic E-state index is 10.1. The number of rotatable bonds is 5. The summed E-state index contributed by atoms with van der Waals surface area (Å²) in [6, 6.07) is 1.87. The monoisotopic (exact) mass is 287 g/mol. The molecule has 5 heteroatoms. The van der Waals surface area contributed by atoms with Gasteiger partial charge in [0.1, 0.15) is 0 Å². The lowest BCUT2D eigenvalue weighted by molar-refractivity contribution is 0.0460. The molecule has 0 spiro atoms. The summed E-state index contributed by atoms with van der Waals surface area (Å²) >= 11 is 3.40. The SMILES string of the molecule is CN(C)CC(C)(O)CNc1ccncc1Br. The second-order valence-electron chi connectivity index (χ2n) is 4.44. The van der Waals surface area contributed by atoms with E-state index in [1.807, 2.05) is 32.0 Å².